The molecule has 16 heavy (non-hydrogen) atoms. The predicted octanol–water partition coefficient (Wildman–Crippen LogP) is 1.59. The zero-order valence-electron chi connectivity index (χ0n) is 8.40. The highest BCUT2D eigenvalue weighted by atomic mass is 35.5. The summed E-state index contributed by atoms with van der Waals surface area (Å²) in [6.07, 6.45) is 0. The Morgan fingerprint density at radius 1 is 1.44 bits per heavy atom. The molecule has 0 aliphatic rings. The second-order valence-corrected chi connectivity index (χ2v) is 3.22. The second kappa shape index (κ2) is 5.37. The first-order chi connectivity index (χ1) is 7.54. The van der Waals surface area contributed by atoms with Crippen LogP contribution in [0.4, 0.5) is 0 Å². The zero-order chi connectivity index (χ0) is 12.1. The Bertz CT molecular complexity index is 416. The molecule has 86 valence electrons. The van der Waals surface area contributed by atoms with Crippen molar-refractivity contribution in [3.63, 3.8) is 0 Å². The zero-order valence-corrected chi connectivity index (χ0v) is 9.15. The van der Waals surface area contributed by atoms with Crippen molar-refractivity contribution in [2.45, 2.75) is 0 Å². The second-order valence-electron chi connectivity index (χ2n) is 2.82. The lowest BCUT2D eigenvalue weighted by Crippen LogP contribution is -2.10. The molecule has 0 unspecified atom stereocenters. The minimum atomic E-state index is -1.10. The third-order valence-electron chi connectivity index (χ3n) is 1.71. The average molecular weight is 245 g/mol. The van der Waals surface area contributed by atoms with Gasteiger partial charge in [-0.25, -0.2) is 9.59 Å². The van der Waals surface area contributed by atoms with Crippen molar-refractivity contribution in [2.75, 3.05) is 13.7 Å². The molecule has 0 aliphatic heterocycles. The van der Waals surface area contributed by atoms with Crippen molar-refractivity contribution in [3.8, 4) is 5.75 Å². The van der Waals surface area contributed by atoms with Crippen LogP contribution >= 0.6 is 11.6 Å². The Labute approximate surface area is 96.5 Å². The van der Waals surface area contributed by atoms with Gasteiger partial charge in [0, 0.05) is 0 Å². The molecule has 6 heteroatoms. The van der Waals surface area contributed by atoms with Crippen molar-refractivity contribution in [2.24, 2.45) is 0 Å². The summed E-state index contributed by atoms with van der Waals surface area (Å²) in [6.45, 7) is -0.484. The maximum Gasteiger partial charge on any atom is 0.341 e. The number of methoxy groups -OCH3 is 1. The first-order valence-electron chi connectivity index (χ1n) is 4.27. The summed E-state index contributed by atoms with van der Waals surface area (Å²) in [4.78, 5) is 21.5. The van der Waals surface area contributed by atoms with Crippen molar-refractivity contribution in [3.05, 3.63) is 28.8 Å². The summed E-state index contributed by atoms with van der Waals surface area (Å²) < 4.78 is 9.39. The molecule has 0 saturated heterocycles. The summed E-state index contributed by atoms with van der Waals surface area (Å²) in [5.74, 6) is -1.47. The van der Waals surface area contributed by atoms with E-state index in [9.17, 15) is 9.59 Å². The third kappa shape index (κ3) is 3.13. The van der Waals surface area contributed by atoms with Crippen LogP contribution in [-0.2, 0) is 9.53 Å². The summed E-state index contributed by atoms with van der Waals surface area (Å²) in [5, 5.41) is 8.63. The van der Waals surface area contributed by atoms with E-state index >= 15 is 0 Å². The van der Waals surface area contributed by atoms with E-state index in [1.54, 1.807) is 0 Å². The van der Waals surface area contributed by atoms with Gasteiger partial charge >= 0.3 is 11.9 Å². The number of carboxylic acid groups (broad SMARTS) is 1. The lowest BCUT2D eigenvalue weighted by Gasteiger charge is -2.06. The minimum absolute atomic E-state index is 0.132. The summed E-state index contributed by atoms with van der Waals surface area (Å²) in [6, 6.07) is 4.24. The van der Waals surface area contributed by atoms with Crippen molar-refractivity contribution in [1.29, 1.82) is 0 Å². The van der Waals surface area contributed by atoms with E-state index in [2.05, 4.69) is 4.74 Å². The maximum atomic E-state index is 11.2. The predicted molar refractivity (Wildman–Crippen MR) is 55.9 cm³/mol. The van der Waals surface area contributed by atoms with Crippen LogP contribution in [0.1, 0.15) is 10.4 Å². The number of carboxylic acids is 1. The highest BCUT2D eigenvalue weighted by Crippen LogP contribution is 2.22. The number of carbonyl (C=O) groups excluding carboxylic acids is 1. The van der Waals surface area contributed by atoms with E-state index in [1.165, 1.54) is 25.3 Å². The quantitative estimate of drug-likeness (QED) is 0.815. The fourth-order valence-corrected chi connectivity index (χ4v) is 1.20. The topological polar surface area (TPSA) is 72.8 Å². The Morgan fingerprint density at radius 3 is 2.69 bits per heavy atom. The maximum absolute atomic E-state index is 11.2. The van der Waals surface area contributed by atoms with Crippen LogP contribution in [-0.4, -0.2) is 30.8 Å². The van der Waals surface area contributed by atoms with Gasteiger partial charge in [0.05, 0.1) is 17.7 Å². The van der Waals surface area contributed by atoms with Gasteiger partial charge < -0.3 is 14.6 Å². The van der Waals surface area contributed by atoms with Crippen LogP contribution in [0.25, 0.3) is 0 Å². The molecular weight excluding hydrogens is 236 g/mol. The van der Waals surface area contributed by atoms with Crippen LogP contribution in [0.2, 0.25) is 5.02 Å². The fraction of sp³-hybridized carbons (Fsp3) is 0.200. The van der Waals surface area contributed by atoms with Gasteiger partial charge in [-0.3, -0.25) is 0 Å². The van der Waals surface area contributed by atoms with Gasteiger partial charge in [-0.1, -0.05) is 11.6 Å². The van der Waals surface area contributed by atoms with Gasteiger partial charge in [-0.15, -0.1) is 0 Å². The first kappa shape index (κ1) is 12.3. The number of ether oxygens (including phenoxy) is 2. The van der Waals surface area contributed by atoms with E-state index in [-0.39, 0.29) is 16.3 Å². The van der Waals surface area contributed by atoms with Gasteiger partial charge in [0.2, 0.25) is 0 Å². The van der Waals surface area contributed by atoms with Crippen molar-refractivity contribution in [1.82, 2.24) is 0 Å². The highest BCUT2D eigenvalue weighted by Gasteiger charge is 2.12. The average Bonchev–Trinajstić information content (AvgIpc) is 2.27. The molecule has 0 fully saturated rings. The Hall–Kier alpha value is -1.75. The molecule has 0 radical (unpaired) electrons. The highest BCUT2D eigenvalue weighted by molar-refractivity contribution is 6.33. The molecule has 0 heterocycles. The molecule has 0 amide bonds. The van der Waals surface area contributed by atoms with Crippen LogP contribution in [0.15, 0.2) is 18.2 Å². The Balaban J connectivity index is 2.89. The van der Waals surface area contributed by atoms with Crippen LogP contribution in [0.3, 0.4) is 0 Å². The molecule has 1 rings (SSSR count). The summed E-state index contributed by atoms with van der Waals surface area (Å²) in [7, 11) is 1.23. The molecule has 0 aliphatic carbocycles. The molecule has 1 aromatic carbocycles. The summed E-state index contributed by atoms with van der Waals surface area (Å²) >= 11 is 5.76. The Kier molecular flexibility index (Phi) is 4.13. The lowest BCUT2D eigenvalue weighted by atomic mass is 10.2. The van der Waals surface area contributed by atoms with Crippen LogP contribution < -0.4 is 4.74 Å². The van der Waals surface area contributed by atoms with Gasteiger partial charge in [0.25, 0.3) is 0 Å². The molecule has 1 aromatic rings. The largest absolute Gasteiger partial charge is 0.482 e. The number of benzene rings is 1. The van der Waals surface area contributed by atoms with Gasteiger partial charge in [0.15, 0.2) is 6.61 Å². The van der Waals surface area contributed by atoms with Crippen molar-refractivity contribution < 1.29 is 24.2 Å². The molecular formula is C10H9ClO5. The van der Waals surface area contributed by atoms with Crippen LogP contribution in [0, 0.1) is 0 Å². The molecule has 0 aromatic heterocycles. The standard InChI is InChI=1S/C10H9ClO5/c1-15-10(14)7-4-6(2-3-8(7)11)16-5-9(12)13/h2-4H,5H2,1H3,(H,12,13). The van der Waals surface area contributed by atoms with E-state index in [0.717, 1.165) is 0 Å². The van der Waals surface area contributed by atoms with Gasteiger partial charge in [-0.2, -0.15) is 0 Å². The normalized spacial score (nSPS) is 9.62. The SMILES string of the molecule is COC(=O)c1cc(OCC(=O)O)ccc1Cl. The molecule has 0 bridgehead atoms. The van der Waals surface area contributed by atoms with Crippen LogP contribution in [0.5, 0.6) is 5.75 Å². The monoisotopic (exact) mass is 244 g/mol. The van der Waals surface area contributed by atoms with E-state index < -0.39 is 18.5 Å². The van der Waals surface area contributed by atoms with Gasteiger partial charge in [-0.05, 0) is 18.2 Å². The van der Waals surface area contributed by atoms with Gasteiger partial charge in [0.1, 0.15) is 5.75 Å². The first-order valence-corrected chi connectivity index (χ1v) is 4.65. The summed E-state index contributed by atoms with van der Waals surface area (Å²) in [5.41, 5.74) is 0.132. The number of halogens is 1. The van der Waals surface area contributed by atoms with E-state index in [1.807, 2.05) is 0 Å². The fourth-order valence-electron chi connectivity index (χ4n) is 1.01. The van der Waals surface area contributed by atoms with E-state index in [0.29, 0.717) is 0 Å². The lowest BCUT2D eigenvalue weighted by molar-refractivity contribution is -0.139. The molecule has 1 N–H and O–H groups in total. The van der Waals surface area contributed by atoms with Crippen molar-refractivity contribution >= 4 is 23.5 Å². The molecule has 0 saturated carbocycles. The molecule has 0 atom stereocenters. The number of rotatable bonds is 4. The molecule has 0 spiro atoms. The number of aliphatic carboxylic acids is 1. The molecule has 5 nitrogen and oxygen atoms in total. The number of carbonyl (C=O) groups is 2. The number of esters is 1. The van der Waals surface area contributed by atoms with E-state index in [4.69, 9.17) is 21.4 Å². The number of hydrogen-bond acceptors (Lipinski definition) is 4. The smallest absolute Gasteiger partial charge is 0.341 e. The number of hydrogen-bond donors (Lipinski definition) is 1. The Morgan fingerprint density at radius 2 is 2.12 bits per heavy atom. The minimum Gasteiger partial charge on any atom is -0.482 e. The third-order valence-corrected chi connectivity index (χ3v) is 2.04.